The summed E-state index contributed by atoms with van der Waals surface area (Å²) in [6.45, 7) is 3.53. The summed E-state index contributed by atoms with van der Waals surface area (Å²) in [4.78, 5) is 24.3. The van der Waals surface area contributed by atoms with Gasteiger partial charge in [0.05, 0.1) is 25.9 Å². The van der Waals surface area contributed by atoms with Crippen molar-refractivity contribution in [2.45, 2.75) is 58.0 Å². The monoisotopic (exact) mass is 488 g/mol. The van der Waals surface area contributed by atoms with Crippen LogP contribution in [0.15, 0.2) is 36.4 Å². The number of rotatable bonds is 13. The van der Waals surface area contributed by atoms with Gasteiger partial charge in [0.25, 0.3) is 0 Å². The van der Waals surface area contributed by atoms with Crippen LogP contribution in [0.5, 0.6) is 11.5 Å². The molecule has 0 saturated carbocycles. The fraction of sp³-hybridized carbons (Fsp3) is 0.481. The average Bonchev–Trinajstić information content (AvgIpc) is 2.84. The summed E-state index contributed by atoms with van der Waals surface area (Å²) in [6.07, 6.45) is 4.40. The molecule has 184 valence electrons. The van der Waals surface area contributed by atoms with E-state index in [1.165, 1.54) is 7.11 Å². The first kappa shape index (κ1) is 26.0. The number of benzene rings is 2. The Morgan fingerprint density at radius 2 is 1.91 bits per heavy atom. The smallest absolute Gasteiger partial charge is 0.335 e. The summed E-state index contributed by atoms with van der Waals surface area (Å²) < 4.78 is 22.6. The number of ether oxygens (including phenoxy) is 4. The van der Waals surface area contributed by atoms with Crippen LogP contribution in [0.25, 0.3) is 0 Å². The van der Waals surface area contributed by atoms with Gasteiger partial charge in [-0.1, -0.05) is 43.1 Å². The molecule has 0 radical (unpaired) electrons. The average molecular weight is 489 g/mol. The van der Waals surface area contributed by atoms with Crippen molar-refractivity contribution in [2.24, 2.45) is 0 Å². The number of Topliss-reactive ketones (excluding diaryl/α,β-unsaturated/α-hetero) is 1. The summed E-state index contributed by atoms with van der Waals surface area (Å²) in [7, 11) is 1.36. The van der Waals surface area contributed by atoms with Crippen LogP contribution in [-0.4, -0.2) is 44.8 Å². The maximum atomic E-state index is 12.2. The quantitative estimate of drug-likeness (QED) is 0.269. The zero-order chi connectivity index (χ0) is 24.3. The largest absolute Gasteiger partial charge is 0.493 e. The minimum atomic E-state index is -0.684. The molecule has 7 heteroatoms. The van der Waals surface area contributed by atoms with Gasteiger partial charge < -0.3 is 18.9 Å². The number of hydrogen-bond acceptors (Lipinski definition) is 6. The van der Waals surface area contributed by atoms with Crippen LogP contribution >= 0.6 is 11.6 Å². The second-order valence-electron chi connectivity index (χ2n) is 8.28. The van der Waals surface area contributed by atoms with Crippen molar-refractivity contribution in [2.75, 3.05) is 26.9 Å². The summed E-state index contributed by atoms with van der Waals surface area (Å²) in [6, 6.07) is 11.1. The third kappa shape index (κ3) is 6.97. The number of fused-ring (bicyclic) bond motifs is 1. The van der Waals surface area contributed by atoms with E-state index in [4.69, 9.17) is 30.5 Å². The van der Waals surface area contributed by atoms with Crippen molar-refractivity contribution in [3.8, 4) is 11.5 Å². The van der Waals surface area contributed by atoms with E-state index in [-0.39, 0.29) is 5.78 Å². The molecule has 3 rings (SSSR count). The normalized spacial score (nSPS) is 13.7. The molecule has 0 bridgehead atoms. The molecule has 2 aromatic carbocycles. The highest BCUT2D eigenvalue weighted by Crippen LogP contribution is 2.36. The lowest BCUT2D eigenvalue weighted by atomic mass is 9.98. The number of methoxy groups -OCH3 is 1. The van der Waals surface area contributed by atoms with E-state index in [1.54, 1.807) is 6.07 Å². The van der Waals surface area contributed by atoms with Gasteiger partial charge in [0.2, 0.25) is 0 Å². The van der Waals surface area contributed by atoms with E-state index in [9.17, 15) is 9.59 Å². The molecule has 1 unspecified atom stereocenters. The number of unbranched alkanes of at least 4 members (excludes halogenated alkanes) is 2. The number of halogens is 1. The molecule has 0 aromatic heterocycles. The van der Waals surface area contributed by atoms with Gasteiger partial charge in [-0.2, -0.15) is 0 Å². The first-order valence-corrected chi connectivity index (χ1v) is 12.3. The van der Waals surface area contributed by atoms with Crippen LogP contribution in [0.4, 0.5) is 0 Å². The summed E-state index contributed by atoms with van der Waals surface area (Å²) in [5.74, 6) is 1.21. The van der Waals surface area contributed by atoms with Crippen molar-refractivity contribution in [3.05, 3.63) is 58.1 Å². The zero-order valence-corrected chi connectivity index (χ0v) is 20.7. The Kier molecular flexibility index (Phi) is 10.2. The van der Waals surface area contributed by atoms with E-state index in [0.29, 0.717) is 49.0 Å². The third-order valence-electron chi connectivity index (χ3n) is 5.79. The SMILES string of the molecule is CCCc1c(OCCCCCOC(Cc2ccccc2Cl)C(=O)OC)ccc2c1OCCC2=O. The van der Waals surface area contributed by atoms with E-state index >= 15 is 0 Å². The second kappa shape index (κ2) is 13.4. The minimum Gasteiger partial charge on any atom is -0.493 e. The number of ketones is 1. The highest BCUT2D eigenvalue weighted by atomic mass is 35.5. The van der Waals surface area contributed by atoms with Crippen LogP contribution < -0.4 is 9.47 Å². The standard InChI is InChI=1S/C27H33ClO6/c1-3-9-21-24(13-12-20-23(29)14-17-34-26(20)21)32-15-7-4-8-16-33-25(27(30)31-2)18-19-10-5-6-11-22(19)28/h5-6,10-13,25H,3-4,7-9,14-18H2,1-2H3. The van der Waals surface area contributed by atoms with Crippen molar-refractivity contribution in [1.82, 2.24) is 0 Å². The minimum absolute atomic E-state index is 0.130. The Labute approximate surface area is 206 Å². The Morgan fingerprint density at radius 1 is 1.12 bits per heavy atom. The van der Waals surface area contributed by atoms with Gasteiger partial charge >= 0.3 is 5.97 Å². The zero-order valence-electron chi connectivity index (χ0n) is 19.9. The van der Waals surface area contributed by atoms with E-state index in [0.717, 1.165) is 49.0 Å². The highest BCUT2D eigenvalue weighted by molar-refractivity contribution is 6.31. The molecule has 1 aliphatic heterocycles. The maximum Gasteiger partial charge on any atom is 0.335 e. The molecule has 1 aliphatic rings. The molecule has 34 heavy (non-hydrogen) atoms. The summed E-state index contributed by atoms with van der Waals surface area (Å²) in [5.41, 5.74) is 2.50. The molecular weight excluding hydrogens is 456 g/mol. The molecule has 0 spiro atoms. The van der Waals surface area contributed by atoms with Crippen molar-refractivity contribution in [1.29, 1.82) is 0 Å². The van der Waals surface area contributed by atoms with Crippen molar-refractivity contribution in [3.63, 3.8) is 0 Å². The lowest BCUT2D eigenvalue weighted by molar-refractivity contribution is -0.154. The van der Waals surface area contributed by atoms with Crippen molar-refractivity contribution < 1.29 is 28.5 Å². The van der Waals surface area contributed by atoms with Crippen LogP contribution in [0, 0.1) is 0 Å². The summed E-state index contributed by atoms with van der Waals surface area (Å²) in [5, 5.41) is 0.608. The molecule has 0 amide bonds. The van der Waals surface area contributed by atoms with Gasteiger partial charge in [0.1, 0.15) is 11.5 Å². The van der Waals surface area contributed by atoms with Crippen molar-refractivity contribution >= 4 is 23.4 Å². The van der Waals surface area contributed by atoms with Gasteiger partial charge in [-0.05, 0) is 49.4 Å². The molecule has 2 aromatic rings. The predicted molar refractivity (Wildman–Crippen MR) is 131 cm³/mol. The molecular formula is C27H33ClO6. The number of hydrogen-bond donors (Lipinski definition) is 0. The lowest BCUT2D eigenvalue weighted by Gasteiger charge is -2.22. The number of esters is 1. The molecule has 0 aliphatic carbocycles. The van der Waals surface area contributed by atoms with Gasteiger partial charge in [-0.3, -0.25) is 4.79 Å². The lowest BCUT2D eigenvalue weighted by Crippen LogP contribution is -2.28. The van der Waals surface area contributed by atoms with Crippen LogP contribution in [-0.2, 0) is 27.1 Å². The topological polar surface area (TPSA) is 71.1 Å². The van der Waals surface area contributed by atoms with Gasteiger partial charge in [-0.25, -0.2) is 4.79 Å². The maximum absolute atomic E-state index is 12.2. The predicted octanol–water partition coefficient (Wildman–Crippen LogP) is 5.61. The van der Waals surface area contributed by atoms with Gasteiger partial charge in [-0.15, -0.1) is 0 Å². The first-order chi connectivity index (χ1) is 16.5. The fourth-order valence-corrected chi connectivity index (χ4v) is 4.20. The van der Waals surface area contributed by atoms with Crippen LogP contribution in [0.3, 0.4) is 0 Å². The first-order valence-electron chi connectivity index (χ1n) is 11.9. The van der Waals surface area contributed by atoms with E-state index in [1.807, 2.05) is 30.3 Å². The highest BCUT2D eigenvalue weighted by Gasteiger charge is 2.24. The Morgan fingerprint density at radius 3 is 2.68 bits per heavy atom. The Bertz CT molecular complexity index is 974. The molecule has 1 atom stereocenters. The fourth-order valence-electron chi connectivity index (χ4n) is 3.99. The number of carbonyl (C=O) groups excluding carboxylic acids is 2. The van der Waals surface area contributed by atoms with E-state index in [2.05, 4.69) is 6.92 Å². The van der Waals surface area contributed by atoms with Gasteiger partial charge in [0.15, 0.2) is 11.9 Å². The summed E-state index contributed by atoms with van der Waals surface area (Å²) >= 11 is 6.22. The van der Waals surface area contributed by atoms with Crippen LogP contribution in [0.1, 0.15) is 60.5 Å². The third-order valence-corrected chi connectivity index (χ3v) is 6.15. The Balaban J connectivity index is 1.44. The van der Waals surface area contributed by atoms with Crippen LogP contribution in [0.2, 0.25) is 5.02 Å². The van der Waals surface area contributed by atoms with Gasteiger partial charge in [0, 0.05) is 30.0 Å². The second-order valence-corrected chi connectivity index (χ2v) is 8.69. The van der Waals surface area contributed by atoms with E-state index < -0.39 is 12.1 Å². The molecule has 0 fully saturated rings. The molecule has 6 nitrogen and oxygen atoms in total. The molecule has 0 N–H and O–H groups in total. The molecule has 1 heterocycles. The molecule has 0 saturated heterocycles. The Hall–Kier alpha value is -2.57. The number of carbonyl (C=O) groups is 2.